The van der Waals surface area contributed by atoms with Crippen LogP contribution in [0.25, 0.3) is 0 Å². The molecule has 1 N–H and O–H groups in total. The zero-order chi connectivity index (χ0) is 16.4. The van der Waals surface area contributed by atoms with Crippen molar-refractivity contribution in [1.29, 1.82) is 0 Å². The Balaban J connectivity index is 1.25. The van der Waals surface area contributed by atoms with E-state index in [1.54, 1.807) is 11.3 Å². The summed E-state index contributed by atoms with van der Waals surface area (Å²) >= 11 is 1.77. The van der Waals surface area contributed by atoms with Gasteiger partial charge in [0.2, 0.25) is 5.91 Å². The molecule has 1 aromatic heterocycles. The Morgan fingerprint density at radius 2 is 1.96 bits per heavy atom. The van der Waals surface area contributed by atoms with Gasteiger partial charge in [0.1, 0.15) is 0 Å². The highest BCUT2D eigenvalue weighted by Gasteiger charge is 2.58. The lowest BCUT2D eigenvalue weighted by Crippen LogP contribution is -2.36. The Hall–Kier alpha value is -1.65. The van der Waals surface area contributed by atoms with Crippen LogP contribution < -0.4 is 5.32 Å². The standard InChI is InChI=1S/C20H24N2OS/c23-19(21-13-16-4-2-1-3-5-16)18-12-20(18)7-9-22(10-8-20)14-17-6-11-24-15-17/h1-6,11,15,18H,7-10,12-14H2,(H,21,23). The topological polar surface area (TPSA) is 32.3 Å². The van der Waals surface area contributed by atoms with Gasteiger partial charge in [0.15, 0.2) is 0 Å². The minimum absolute atomic E-state index is 0.240. The van der Waals surface area contributed by atoms with Gasteiger partial charge in [-0.3, -0.25) is 9.69 Å². The van der Waals surface area contributed by atoms with E-state index in [1.165, 1.54) is 24.0 Å². The average molecular weight is 340 g/mol. The number of nitrogens with one attached hydrogen (secondary N) is 1. The SMILES string of the molecule is O=C(NCc1ccccc1)C1CC12CCN(Cc1ccsc1)CC2. The molecule has 2 aromatic rings. The number of rotatable bonds is 5. The lowest BCUT2D eigenvalue weighted by Gasteiger charge is -2.32. The molecule has 0 bridgehead atoms. The molecule has 1 unspecified atom stereocenters. The van der Waals surface area contributed by atoms with E-state index in [-0.39, 0.29) is 11.8 Å². The van der Waals surface area contributed by atoms with Crippen LogP contribution in [0.4, 0.5) is 0 Å². The fourth-order valence-corrected chi connectivity index (χ4v) is 4.64. The summed E-state index contributed by atoms with van der Waals surface area (Å²) in [4.78, 5) is 15.0. The lowest BCUT2D eigenvalue weighted by atomic mass is 9.90. The normalized spacial score (nSPS) is 22.4. The molecule has 1 aromatic carbocycles. The van der Waals surface area contributed by atoms with Crippen molar-refractivity contribution in [2.24, 2.45) is 11.3 Å². The van der Waals surface area contributed by atoms with Gasteiger partial charge >= 0.3 is 0 Å². The summed E-state index contributed by atoms with van der Waals surface area (Å²) in [6.07, 6.45) is 3.42. The first-order valence-electron chi connectivity index (χ1n) is 8.80. The van der Waals surface area contributed by atoms with E-state index in [0.717, 1.165) is 26.1 Å². The molecule has 1 amide bonds. The van der Waals surface area contributed by atoms with E-state index < -0.39 is 0 Å². The number of likely N-dealkylation sites (tertiary alicyclic amines) is 1. The van der Waals surface area contributed by atoms with E-state index in [4.69, 9.17) is 0 Å². The third-order valence-corrected chi connectivity index (χ3v) is 6.39. The number of thiophene rings is 1. The van der Waals surface area contributed by atoms with E-state index in [1.807, 2.05) is 18.2 Å². The monoisotopic (exact) mass is 340 g/mol. The van der Waals surface area contributed by atoms with Gasteiger partial charge in [0.25, 0.3) is 0 Å². The summed E-state index contributed by atoms with van der Waals surface area (Å²) in [6, 6.07) is 12.4. The minimum atomic E-state index is 0.240. The van der Waals surface area contributed by atoms with Crippen LogP contribution in [-0.4, -0.2) is 23.9 Å². The number of hydrogen-bond acceptors (Lipinski definition) is 3. The number of carbonyl (C=O) groups excluding carboxylic acids is 1. The Morgan fingerprint density at radius 1 is 1.17 bits per heavy atom. The largest absolute Gasteiger partial charge is 0.352 e. The molecular weight excluding hydrogens is 316 g/mol. The Kier molecular flexibility index (Phi) is 4.42. The van der Waals surface area contributed by atoms with Crippen molar-refractivity contribution in [3.63, 3.8) is 0 Å². The van der Waals surface area contributed by atoms with Crippen LogP contribution in [0.15, 0.2) is 47.2 Å². The van der Waals surface area contributed by atoms with Crippen molar-refractivity contribution in [3.05, 3.63) is 58.3 Å². The molecule has 24 heavy (non-hydrogen) atoms. The minimum Gasteiger partial charge on any atom is -0.352 e. The van der Waals surface area contributed by atoms with Crippen LogP contribution >= 0.6 is 11.3 Å². The maximum absolute atomic E-state index is 12.5. The summed E-state index contributed by atoms with van der Waals surface area (Å²) in [7, 11) is 0. The summed E-state index contributed by atoms with van der Waals surface area (Å²) < 4.78 is 0. The van der Waals surface area contributed by atoms with E-state index in [0.29, 0.717) is 12.0 Å². The predicted octanol–water partition coefficient (Wildman–Crippen LogP) is 3.67. The van der Waals surface area contributed by atoms with Gasteiger partial charge < -0.3 is 5.32 Å². The fraction of sp³-hybridized carbons (Fsp3) is 0.450. The molecule has 2 aliphatic rings. The predicted molar refractivity (Wildman–Crippen MR) is 97.7 cm³/mol. The van der Waals surface area contributed by atoms with Crippen molar-refractivity contribution in [3.8, 4) is 0 Å². The number of carbonyl (C=O) groups is 1. The first kappa shape index (κ1) is 15.9. The van der Waals surface area contributed by atoms with Gasteiger partial charge in [-0.25, -0.2) is 0 Å². The van der Waals surface area contributed by atoms with Gasteiger partial charge in [0.05, 0.1) is 0 Å². The van der Waals surface area contributed by atoms with Crippen LogP contribution in [0.5, 0.6) is 0 Å². The third kappa shape index (κ3) is 3.40. The molecule has 1 saturated carbocycles. The summed E-state index contributed by atoms with van der Waals surface area (Å²) in [5.41, 5.74) is 2.89. The van der Waals surface area contributed by atoms with E-state index in [2.05, 4.69) is 39.2 Å². The molecule has 4 heteroatoms. The van der Waals surface area contributed by atoms with Crippen molar-refractivity contribution < 1.29 is 4.79 Å². The lowest BCUT2D eigenvalue weighted by molar-refractivity contribution is -0.123. The van der Waals surface area contributed by atoms with Gasteiger partial charge in [-0.15, -0.1) is 0 Å². The number of piperidine rings is 1. The van der Waals surface area contributed by atoms with Crippen LogP contribution in [0.2, 0.25) is 0 Å². The molecule has 1 atom stereocenters. The maximum atomic E-state index is 12.5. The van der Waals surface area contributed by atoms with E-state index >= 15 is 0 Å². The molecule has 4 rings (SSSR count). The highest BCUT2D eigenvalue weighted by atomic mass is 32.1. The van der Waals surface area contributed by atoms with Gasteiger partial charge in [-0.1, -0.05) is 30.3 Å². The Bertz CT molecular complexity index is 675. The summed E-state index contributed by atoms with van der Waals surface area (Å²) in [5.74, 6) is 0.495. The molecule has 126 valence electrons. The summed E-state index contributed by atoms with van der Waals surface area (Å²) in [6.45, 7) is 3.96. The van der Waals surface area contributed by atoms with Crippen LogP contribution in [0.1, 0.15) is 30.4 Å². The molecule has 1 aliphatic carbocycles. The van der Waals surface area contributed by atoms with Crippen LogP contribution in [0, 0.1) is 11.3 Å². The first-order chi connectivity index (χ1) is 11.8. The Labute approximate surface area is 147 Å². The number of nitrogens with zero attached hydrogens (tertiary/aromatic N) is 1. The van der Waals surface area contributed by atoms with Gasteiger partial charge in [-0.2, -0.15) is 11.3 Å². The van der Waals surface area contributed by atoms with E-state index in [9.17, 15) is 4.79 Å². The number of hydrogen-bond donors (Lipinski definition) is 1. The second-order valence-electron chi connectivity index (χ2n) is 7.23. The van der Waals surface area contributed by atoms with Gasteiger partial charge in [0, 0.05) is 19.0 Å². The zero-order valence-corrected chi connectivity index (χ0v) is 14.7. The quantitative estimate of drug-likeness (QED) is 0.901. The average Bonchev–Trinajstić information content (AvgIpc) is 3.07. The molecule has 0 radical (unpaired) electrons. The number of amides is 1. The van der Waals surface area contributed by atoms with Crippen molar-refractivity contribution in [2.75, 3.05) is 13.1 Å². The summed E-state index contributed by atoms with van der Waals surface area (Å²) in [5, 5.41) is 7.51. The van der Waals surface area contributed by atoms with Crippen LogP contribution in [0.3, 0.4) is 0 Å². The maximum Gasteiger partial charge on any atom is 0.223 e. The third-order valence-electron chi connectivity index (χ3n) is 5.65. The molecule has 1 saturated heterocycles. The first-order valence-corrected chi connectivity index (χ1v) is 9.75. The second kappa shape index (κ2) is 6.69. The number of benzene rings is 1. The molecular formula is C20H24N2OS. The highest BCUT2D eigenvalue weighted by Crippen LogP contribution is 2.59. The molecule has 3 nitrogen and oxygen atoms in total. The Morgan fingerprint density at radius 3 is 2.67 bits per heavy atom. The zero-order valence-electron chi connectivity index (χ0n) is 13.9. The molecule has 1 spiro atoms. The molecule has 2 fully saturated rings. The molecule has 1 aliphatic heterocycles. The van der Waals surface area contributed by atoms with Crippen molar-refractivity contribution in [1.82, 2.24) is 10.2 Å². The van der Waals surface area contributed by atoms with Crippen molar-refractivity contribution >= 4 is 17.2 Å². The van der Waals surface area contributed by atoms with Gasteiger partial charge in [-0.05, 0) is 65.7 Å². The highest BCUT2D eigenvalue weighted by molar-refractivity contribution is 7.07. The fourth-order valence-electron chi connectivity index (χ4n) is 3.98. The molecule has 2 heterocycles. The van der Waals surface area contributed by atoms with Crippen molar-refractivity contribution in [2.45, 2.75) is 32.4 Å². The smallest absolute Gasteiger partial charge is 0.223 e. The van der Waals surface area contributed by atoms with Crippen LogP contribution in [-0.2, 0) is 17.9 Å². The second-order valence-corrected chi connectivity index (χ2v) is 8.01.